The fourth-order valence-electron chi connectivity index (χ4n) is 2.66. The maximum atomic E-state index is 4.32. The van der Waals surface area contributed by atoms with E-state index in [1.165, 1.54) is 5.56 Å². The number of nitrogens with zero attached hydrogens (tertiary/aromatic N) is 2. The summed E-state index contributed by atoms with van der Waals surface area (Å²) in [6, 6.07) is 16.5. The van der Waals surface area contributed by atoms with Crippen LogP contribution in [0.4, 0.5) is 5.82 Å². The highest BCUT2D eigenvalue weighted by Gasteiger charge is 2.20. The molecule has 0 radical (unpaired) electrons. The first kappa shape index (κ1) is 19.8. The van der Waals surface area contributed by atoms with Crippen molar-refractivity contribution in [1.82, 2.24) is 15.6 Å². The third-order valence-electron chi connectivity index (χ3n) is 4.34. The standard InChI is InChI=1S/C21H31N5/c1-21(2,18-11-5-4-6-12-18)17-26-20(22-3)25-16-10-9-15-24-19-13-7-8-14-23-19/h4-8,11-14H,9-10,15-17H2,1-3H3,(H,23,24)(H2,22,25,26). The topological polar surface area (TPSA) is 61.3 Å². The third-order valence-corrected chi connectivity index (χ3v) is 4.34. The van der Waals surface area contributed by atoms with Crippen LogP contribution in [0.2, 0.25) is 0 Å². The number of hydrogen-bond donors (Lipinski definition) is 3. The van der Waals surface area contributed by atoms with Gasteiger partial charge in [-0.05, 0) is 30.5 Å². The Morgan fingerprint density at radius 1 is 0.962 bits per heavy atom. The molecule has 26 heavy (non-hydrogen) atoms. The molecule has 5 heteroatoms. The van der Waals surface area contributed by atoms with Gasteiger partial charge in [0.2, 0.25) is 0 Å². The number of nitrogens with one attached hydrogen (secondary N) is 3. The van der Waals surface area contributed by atoms with Gasteiger partial charge in [-0.1, -0.05) is 50.2 Å². The predicted molar refractivity (Wildman–Crippen MR) is 111 cm³/mol. The lowest BCUT2D eigenvalue weighted by molar-refractivity contribution is 0.508. The maximum Gasteiger partial charge on any atom is 0.191 e. The van der Waals surface area contributed by atoms with Crippen molar-refractivity contribution in [2.45, 2.75) is 32.1 Å². The molecule has 1 aromatic carbocycles. The molecule has 5 nitrogen and oxygen atoms in total. The van der Waals surface area contributed by atoms with Gasteiger partial charge in [-0.2, -0.15) is 0 Å². The Labute approximate surface area is 157 Å². The van der Waals surface area contributed by atoms with Crippen LogP contribution in [-0.4, -0.2) is 37.6 Å². The number of hydrogen-bond acceptors (Lipinski definition) is 3. The highest BCUT2D eigenvalue weighted by Crippen LogP contribution is 2.21. The second kappa shape index (κ2) is 10.4. The van der Waals surface area contributed by atoms with Gasteiger partial charge in [0.1, 0.15) is 5.82 Å². The fourth-order valence-corrected chi connectivity index (χ4v) is 2.66. The average molecular weight is 354 g/mol. The van der Waals surface area contributed by atoms with E-state index in [0.717, 1.165) is 44.3 Å². The molecule has 0 fully saturated rings. The molecule has 0 saturated heterocycles. The molecule has 0 amide bonds. The third kappa shape index (κ3) is 6.75. The largest absolute Gasteiger partial charge is 0.370 e. The normalized spacial score (nSPS) is 11.9. The lowest BCUT2D eigenvalue weighted by atomic mass is 9.85. The molecule has 0 atom stereocenters. The smallest absolute Gasteiger partial charge is 0.191 e. The lowest BCUT2D eigenvalue weighted by Crippen LogP contribution is -2.43. The number of aliphatic imine (C=N–C) groups is 1. The number of anilines is 1. The Morgan fingerprint density at radius 3 is 2.38 bits per heavy atom. The van der Waals surface area contributed by atoms with Gasteiger partial charge in [0.15, 0.2) is 5.96 Å². The molecule has 3 N–H and O–H groups in total. The highest BCUT2D eigenvalue weighted by molar-refractivity contribution is 5.79. The molecule has 140 valence electrons. The number of guanidine groups is 1. The Hall–Kier alpha value is -2.56. The number of rotatable bonds is 9. The fraction of sp³-hybridized carbons (Fsp3) is 0.429. The first-order chi connectivity index (χ1) is 12.6. The minimum Gasteiger partial charge on any atom is -0.370 e. The molecule has 0 aliphatic rings. The second-order valence-electron chi connectivity index (χ2n) is 6.95. The summed E-state index contributed by atoms with van der Waals surface area (Å²) in [7, 11) is 1.81. The summed E-state index contributed by atoms with van der Waals surface area (Å²) >= 11 is 0. The van der Waals surface area contributed by atoms with Gasteiger partial charge in [-0.3, -0.25) is 4.99 Å². The van der Waals surface area contributed by atoms with E-state index in [1.54, 1.807) is 6.20 Å². The summed E-state index contributed by atoms with van der Waals surface area (Å²) in [6.07, 6.45) is 3.95. The van der Waals surface area contributed by atoms with Crippen LogP contribution in [0, 0.1) is 0 Å². The first-order valence-electron chi connectivity index (χ1n) is 9.27. The summed E-state index contributed by atoms with van der Waals surface area (Å²) in [5.41, 5.74) is 1.37. The summed E-state index contributed by atoms with van der Waals surface area (Å²) in [5, 5.41) is 10.2. The van der Waals surface area contributed by atoms with Gasteiger partial charge in [-0.25, -0.2) is 4.98 Å². The quantitative estimate of drug-likeness (QED) is 0.367. The molecule has 1 aromatic heterocycles. The van der Waals surface area contributed by atoms with Crippen molar-refractivity contribution in [1.29, 1.82) is 0 Å². The van der Waals surface area contributed by atoms with Gasteiger partial charge in [0.25, 0.3) is 0 Å². The van der Waals surface area contributed by atoms with Crippen LogP contribution in [0.25, 0.3) is 0 Å². The van der Waals surface area contributed by atoms with Crippen molar-refractivity contribution in [3.63, 3.8) is 0 Å². The monoisotopic (exact) mass is 353 g/mol. The summed E-state index contributed by atoms with van der Waals surface area (Å²) in [5.74, 6) is 1.78. The molecular formula is C21H31N5. The van der Waals surface area contributed by atoms with Gasteiger partial charge >= 0.3 is 0 Å². The van der Waals surface area contributed by atoms with E-state index in [4.69, 9.17) is 0 Å². The van der Waals surface area contributed by atoms with E-state index in [2.05, 4.69) is 70.1 Å². The second-order valence-corrected chi connectivity index (χ2v) is 6.95. The number of benzene rings is 1. The summed E-state index contributed by atoms with van der Waals surface area (Å²) in [6.45, 7) is 7.14. The average Bonchev–Trinajstić information content (AvgIpc) is 2.68. The summed E-state index contributed by atoms with van der Waals surface area (Å²) < 4.78 is 0. The van der Waals surface area contributed by atoms with Gasteiger partial charge in [0, 0.05) is 38.3 Å². The van der Waals surface area contributed by atoms with E-state index < -0.39 is 0 Å². The van der Waals surface area contributed by atoms with E-state index in [-0.39, 0.29) is 5.41 Å². The van der Waals surface area contributed by atoms with Crippen LogP contribution < -0.4 is 16.0 Å². The van der Waals surface area contributed by atoms with Crippen LogP contribution in [0.1, 0.15) is 32.3 Å². The number of aromatic nitrogens is 1. The first-order valence-corrected chi connectivity index (χ1v) is 9.27. The molecule has 0 spiro atoms. The summed E-state index contributed by atoms with van der Waals surface area (Å²) in [4.78, 5) is 8.57. The minimum atomic E-state index is 0.0471. The lowest BCUT2D eigenvalue weighted by Gasteiger charge is -2.26. The zero-order valence-corrected chi connectivity index (χ0v) is 16.1. The molecule has 2 rings (SSSR count). The maximum absolute atomic E-state index is 4.32. The number of unbranched alkanes of at least 4 members (excludes halogenated alkanes) is 1. The van der Waals surface area contributed by atoms with E-state index in [9.17, 15) is 0 Å². The SMILES string of the molecule is CN=C(NCCCCNc1ccccn1)NCC(C)(C)c1ccccc1. The van der Waals surface area contributed by atoms with Gasteiger partial charge in [-0.15, -0.1) is 0 Å². The van der Waals surface area contributed by atoms with Crippen LogP contribution >= 0.6 is 0 Å². The van der Waals surface area contributed by atoms with E-state index >= 15 is 0 Å². The Bertz CT molecular complexity index is 653. The van der Waals surface area contributed by atoms with Crippen LogP contribution in [-0.2, 0) is 5.41 Å². The number of pyridine rings is 1. The highest BCUT2D eigenvalue weighted by atomic mass is 15.2. The van der Waals surface area contributed by atoms with Crippen LogP contribution in [0.15, 0.2) is 59.7 Å². The molecule has 0 bridgehead atoms. The molecule has 0 unspecified atom stereocenters. The van der Waals surface area contributed by atoms with Crippen molar-refractivity contribution >= 4 is 11.8 Å². The van der Waals surface area contributed by atoms with E-state index in [0.29, 0.717) is 0 Å². The van der Waals surface area contributed by atoms with Crippen molar-refractivity contribution in [3.8, 4) is 0 Å². The van der Waals surface area contributed by atoms with Crippen molar-refractivity contribution in [3.05, 3.63) is 60.3 Å². The van der Waals surface area contributed by atoms with Crippen LogP contribution in [0.5, 0.6) is 0 Å². The van der Waals surface area contributed by atoms with Crippen LogP contribution in [0.3, 0.4) is 0 Å². The van der Waals surface area contributed by atoms with Crippen molar-refractivity contribution < 1.29 is 0 Å². The van der Waals surface area contributed by atoms with Gasteiger partial charge in [0.05, 0.1) is 0 Å². The van der Waals surface area contributed by atoms with Crippen molar-refractivity contribution in [2.75, 3.05) is 32.0 Å². The van der Waals surface area contributed by atoms with E-state index in [1.807, 2.05) is 25.2 Å². The van der Waals surface area contributed by atoms with Gasteiger partial charge < -0.3 is 16.0 Å². The Morgan fingerprint density at radius 2 is 1.69 bits per heavy atom. The predicted octanol–water partition coefficient (Wildman–Crippen LogP) is 3.42. The minimum absolute atomic E-state index is 0.0471. The molecular weight excluding hydrogens is 322 g/mol. The zero-order chi connectivity index (χ0) is 18.7. The zero-order valence-electron chi connectivity index (χ0n) is 16.1. The Kier molecular flexibility index (Phi) is 7.93. The molecule has 0 aliphatic heterocycles. The molecule has 0 saturated carbocycles. The Balaban J connectivity index is 1.63. The molecule has 2 aromatic rings. The van der Waals surface area contributed by atoms with Crippen molar-refractivity contribution in [2.24, 2.45) is 4.99 Å². The molecule has 1 heterocycles. The molecule has 0 aliphatic carbocycles.